The molecule has 9 heteroatoms. The number of fused-ring (bicyclic) bond motifs is 2. The van der Waals surface area contributed by atoms with E-state index in [-0.39, 0.29) is 0 Å². The summed E-state index contributed by atoms with van der Waals surface area (Å²) in [4.78, 5) is 17.0. The Morgan fingerprint density at radius 1 is 1.21 bits per heavy atom. The molecule has 0 aliphatic carbocycles. The minimum Gasteiger partial charge on any atom is -0.490 e. The Labute approximate surface area is 203 Å². The number of hydrogen-bond donors (Lipinski definition) is 2. The second-order valence-corrected chi connectivity index (χ2v) is 9.85. The molecule has 0 amide bonds. The molecule has 0 spiro atoms. The largest absolute Gasteiger partial charge is 0.490 e. The second kappa shape index (κ2) is 9.15. The van der Waals surface area contributed by atoms with Gasteiger partial charge in [0, 0.05) is 24.2 Å². The summed E-state index contributed by atoms with van der Waals surface area (Å²) >= 11 is 1.41. The van der Waals surface area contributed by atoms with Crippen LogP contribution in [0.1, 0.15) is 37.0 Å². The molecule has 1 aliphatic heterocycles. The van der Waals surface area contributed by atoms with Crippen molar-refractivity contribution in [3.8, 4) is 16.9 Å². The van der Waals surface area contributed by atoms with Gasteiger partial charge in [-0.1, -0.05) is 17.4 Å². The van der Waals surface area contributed by atoms with Crippen LogP contribution in [0.2, 0.25) is 0 Å². The van der Waals surface area contributed by atoms with Crippen molar-refractivity contribution in [1.82, 2.24) is 20.3 Å². The average Bonchev–Trinajstić information content (AvgIpc) is 3.04. The van der Waals surface area contributed by atoms with Crippen molar-refractivity contribution in [1.29, 1.82) is 0 Å². The fourth-order valence-corrected chi connectivity index (χ4v) is 5.26. The maximum absolute atomic E-state index is 6.15. The normalized spacial score (nSPS) is 13.7. The van der Waals surface area contributed by atoms with E-state index in [0.29, 0.717) is 17.8 Å². The number of anilines is 2. The Hall–Kier alpha value is -3.30. The van der Waals surface area contributed by atoms with Gasteiger partial charge in [0.2, 0.25) is 11.6 Å². The van der Waals surface area contributed by atoms with Crippen LogP contribution in [0.15, 0.2) is 36.5 Å². The van der Waals surface area contributed by atoms with E-state index in [4.69, 9.17) is 15.5 Å². The Morgan fingerprint density at radius 2 is 2.06 bits per heavy atom. The van der Waals surface area contributed by atoms with Crippen LogP contribution in [0.5, 0.6) is 5.75 Å². The van der Waals surface area contributed by atoms with Gasteiger partial charge in [-0.3, -0.25) is 4.90 Å². The highest BCUT2D eigenvalue weighted by Crippen LogP contribution is 2.32. The number of aromatic nitrogens is 4. The van der Waals surface area contributed by atoms with E-state index in [0.717, 1.165) is 69.8 Å². The lowest BCUT2D eigenvalue weighted by Crippen LogP contribution is -2.47. The zero-order chi connectivity index (χ0) is 23.8. The van der Waals surface area contributed by atoms with Gasteiger partial charge in [-0.25, -0.2) is 14.5 Å². The smallest absolute Gasteiger partial charge is 0.235 e. The number of pyridine rings is 1. The summed E-state index contributed by atoms with van der Waals surface area (Å²) in [5.41, 5.74) is 11.0. The Morgan fingerprint density at radius 3 is 2.85 bits per heavy atom. The SMILES string of the molecule is CNCc1cc(N2CCOc3ccc(-c4cnc5sc(N)nc5c4)cc3C2)[n+](C(C)C)c(C)n1. The molecule has 0 radical (unpaired) electrons. The molecule has 0 saturated heterocycles. The number of ether oxygens (including phenoxy) is 1. The van der Waals surface area contributed by atoms with E-state index in [9.17, 15) is 0 Å². The molecule has 34 heavy (non-hydrogen) atoms. The van der Waals surface area contributed by atoms with E-state index >= 15 is 0 Å². The van der Waals surface area contributed by atoms with Gasteiger partial charge in [-0.05, 0) is 44.7 Å². The Bertz CT molecular complexity index is 1350. The molecular formula is C25H30N7OS+. The van der Waals surface area contributed by atoms with Gasteiger partial charge in [0.05, 0.1) is 31.7 Å². The third-order valence-corrected chi connectivity index (χ3v) is 6.84. The van der Waals surface area contributed by atoms with Crippen LogP contribution in [0, 0.1) is 6.92 Å². The fourth-order valence-electron chi connectivity index (χ4n) is 4.60. The van der Waals surface area contributed by atoms with Gasteiger partial charge in [-0.2, -0.15) is 0 Å². The van der Waals surface area contributed by atoms with Gasteiger partial charge in [0.25, 0.3) is 0 Å². The van der Waals surface area contributed by atoms with Crippen molar-refractivity contribution in [3.63, 3.8) is 0 Å². The standard InChI is InChI=1S/C25H30N7OS/c1-15(2)32-16(3)29-20(13-27-4)11-23(32)31-7-8-33-22-6-5-17(9-19(22)14-31)18-10-21-24(28-12-18)34-25(26)30-21/h5-6,9-12,15,27H,7-8,13-14H2,1-4H3,(H2,26,30)/q+1. The van der Waals surface area contributed by atoms with Crippen LogP contribution >= 0.6 is 11.3 Å². The molecule has 8 nitrogen and oxygen atoms in total. The number of hydrogen-bond acceptors (Lipinski definition) is 8. The molecule has 4 heterocycles. The van der Waals surface area contributed by atoms with E-state index in [1.165, 1.54) is 11.3 Å². The fraction of sp³-hybridized carbons (Fsp3) is 0.360. The number of nitrogens with zero attached hydrogens (tertiary/aromatic N) is 5. The highest BCUT2D eigenvalue weighted by atomic mass is 32.1. The molecule has 4 aromatic rings. The summed E-state index contributed by atoms with van der Waals surface area (Å²) < 4.78 is 8.46. The van der Waals surface area contributed by atoms with E-state index < -0.39 is 0 Å². The highest BCUT2D eigenvalue weighted by molar-refractivity contribution is 7.21. The molecule has 0 saturated carbocycles. The van der Waals surface area contributed by atoms with Crippen LogP contribution in [-0.4, -0.2) is 35.2 Å². The molecule has 3 aromatic heterocycles. The van der Waals surface area contributed by atoms with Crippen LogP contribution < -0.4 is 25.3 Å². The summed E-state index contributed by atoms with van der Waals surface area (Å²) in [7, 11) is 1.95. The molecule has 1 aliphatic rings. The lowest BCUT2D eigenvalue weighted by Gasteiger charge is -2.23. The average molecular weight is 477 g/mol. The predicted octanol–water partition coefficient (Wildman–Crippen LogP) is 3.63. The molecular weight excluding hydrogens is 446 g/mol. The molecule has 3 N–H and O–H groups in total. The van der Waals surface area contributed by atoms with Crippen molar-refractivity contribution in [2.75, 3.05) is 30.8 Å². The first-order chi connectivity index (χ1) is 16.4. The van der Waals surface area contributed by atoms with E-state index in [2.05, 4.69) is 75.9 Å². The summed E-state index contributed by atoms with van der Waals surface area (Å²) in [6.07, 6.45) is 1.89. The zero-order valence-electron chi connectivity index (χ0n) is 20.0. The minimum atomic E-state index is 0.296. The topological polar surface area (TPSA) is 93.1 Å². The summed E-state index contributed by atoms with van der Waals surface area (Å²) in [6.45, 7) is 9.38. The number of rotatable bonds is 5. The lowest BCUT2D eigenvalue weighted by atomic mass is 10.0. The van der Waals surface area contributed by atoms with Gasteiger partial charge in [-0.15, -0.1) is 4.98 Å². The maximum atomic E-state index is 6.15. The number of thiazole rings is 1. The van der Waals surface area contributed by atoms with Gasteiger partial charge < -0.3 is 15.8 Å². The third-order valence-electron chi connectivity index (χ3n) is 6.03. The predicted molar refractivity (Wildman–Crippen MR) is 136 cm³/mol. The van der Waals surface area contributed by atoms with Crippen molar-refractivity contribution in [2.24, 2.45) is 0 Å². The van der Waals surface area contributed by atoms with E-state index in [1.807, 2.05) is 13.2 Å². The number of nitrogen functional groups attached to an aromatic ring is 1. The van der Waals surface area contributed by atoms with E-state index in [1.54, 1.807) is 0 Å². The van der Waals surface area contributed by atoms with Crippen LogP contribution in [0.4, 0.5) is 10.9 Å². The Balaban J connectivity index is 1.53. The molecule has 0 fully saturated rings. The quantitative estimate of drug-likeness (QED) is 0.425. The molecule has 0 atom stereocenters. The summed E-state index contributed by atoms with van der Waals surface area (Å²) in [5.74, 6) is 3.10. The summed E-state index contributed by atoms with van der Waals surface area (Å²) in [6, 6.07) is 10.9. The first-order valence-corrected chi connectivity index (χ1v) is 12.3. The molecule has 0 bridgehead atoms. The highest BCUT2D eigenvalue weighted by Gasteiger charge is 2.27. The number of nitrogens with one attached hydrogen (secondary N) is 1. The molecule has 1 aromatic carbocycles. The Kier molecular flexibility index (Phi) is 6.05. The molecule has 0 unspecified atom stereocenters. The molecule has 5 rings (SSSR count). The number of aryl methyl sites for hydroxylation is 1. The maximum Gasteiger partial charge on any atom is 0.235 e. The third kappa shape index (κ3) is 4.28. The van der Waals surface area contributed by atoms with Crippen molar-refractivity contribution in [2.45, 2.75) is 39.9 Å². The number of benzene rings is 1. The first kappa shape index (κ1) is 22.5. The van der Waals surface area contributed by atoms with Crippen LogP contribution in [0.25, 0.3) is 21.5 Å². The van der Waals surface area contributed by atoms with Gasteiger partial charge >= 0.3 is 0 Å². The summed E-state index contributed by atoms with van der Waals surface area (Å²) in [5, 5.41) is 3.76. The first-order valence-electron chi connectivity index (χ1n) is 11.5. The molecule has 176 valence electrons. The monoisotopic (exact) mass is 476 g/mol. The van der Waals surface area contributed by atoms with Crippen molar-refractivity contribution < 1.29 is 9.30 Å². The minimum absolute atomic E-state index is 0.296. The zero-order valence-corrected chi connectivity index (χ0v) is 20.8. The lowest BCUT2D eigenvalue weighted by molar-refractivity contribution is -0.713. The van der Waals surface area contributed by atoms with Crippen molar-refractivity contribution in [3.05, 3.63) is 53.6 Å². The second-order valence-electron chi connectivity index (χ2n) is 8.84. The van der Waals surface area contributed by atoms with Gasteiger partial charge in [0.1, 0.15) is 28.4 Å². The van der Waals surface area contributed by atoms with Gasteiger partial charge in [0.15, 0.2) is 5.13 Å². The van der Waals surface area contributed by atoms with Crippen LogP contribution in [-0.2, 0) is 13.1 Å². The number of nitrogens with two attached hydrogens (primary N) is 1. The van der Waals surface area contributed by atoms with Crippen LogP contribution in [0.3, 0.4) is 0 Å². The van der Waals surface area contributed by atoms with Crippen molar-refractivity contribution >= 4 is 32.6 Å².